The molecule has 0 unspecified atom stereocenters. The first-order valence-electron chi connectivity index (χ1n) is 9.53. The molecule has 0 aliphatic carbocycles. The highest BCUT2D eigenvalue weighted by Crippen LogP contribution is 2.13. The first-order valence-corrected chi connectivity index (χ1v) is 10.4. The van der Waals surface area contributed by atoms with E-state index in [2.05, 4.69) is 47.0 Å². The molecule has 1 aromatic carbocycles. The number of nitrogens with one attached hydrogen (secondary N) is 2. The van der Waals surface area contributed by atoms with Crippen LogP contribution in [0.4, 0.5) is 5.69 Å². The number of amides is 1. The molecule has 0 saturated heterocycles. The van der Waals surface area contributed by atoms with E-state index in [9.17, 15) is 4.79 Å². The lowest BCUT2D eigenvalue weighted by Crippen LogP contribution is -2.39. The Bertz CT molecular complexity index is 728. The van der Waals surface area contributed by atoms with E-state index >= 15 is 0 Å². The molecule has 2 aromatic rings. The van der Waals surface area contributed by atoms with Crippen molar-refractivity contribution in [3.05, 3.63) is 52.2 Å². The predicted octanol–water partition coefficient (Wildman–Crippen LogP) is 4.13. The molecule has 0 radical (unpaired) electrons. The van der Waals surface area contributed by atoms with E-state index in [1.807, 2.05) is 31.2 Å². The van der Waals surface area contributed by atoms with Crippen LogP contribution in [0.25, 0.3) is 0 Å². The van der Waals surface area contributed by atoms with E-state index in [1.165, 1.54) is 4.88 Å². The van der Waals surface area contributed by atoms with Crippen molar-refractivity contribution in [1.29, 1.82) is 0 Å². The van der Waals surface area contributed by atoms with E-state index in [4.69, 9.17) is 4.99 Å². The number of anilines is 1. The van der Waals surface area contributed by atoms with Crippen molar-refractivity contribution in [3.63, 3.8) is 0 Å². The van der Waals surface area contributed by atoms with E-state index < -0.39 is 0 Å². The summed E-state index contributed by atoms with van der Waals surface area (Å²) < 4.78 is 0. The summed E-state index contributed by atoms with van der Waals surface area (Å²) in [7, 11) is 2.07. The summed E-state index contributed by atoms with van der Waals surface area (Å²) in [5.41, 5.74) is 1.91. The summed E-state index contributed by atoms with van der Waals surface area (Å²) in [5, 5.41) is 8.41. The Labute approximate surface area is 166 Å². The predicted molar refractivity (Wildman–Crippen MR) is 115 cm³/mol. The maximum absolute atomic E-state index is 11.8. The summed E-state index contributed by atoms with van der Waals surface area (Å²) >= 11 is 1.79. The molecule has 5 nitrogen and oxygen atoms in total. The van der Waals surface area contributed by atoms with Gasteiger partial charge >= 0.3 is 0 Å². The van der Waals surface area contributed by atoms with Crippen molar-refractivity contribution in [2.75, 3.05) is 25.5 Å². The van der Waals surface area contributed by atoms with Gasteiger partial charge in [-0.05, 0) is 48.9 Å². The average molecular weight is 387 g/mol. The second-order valence-electron chi connectivity index (χ2n) is 6.42. The van der Waals surface area contributed by atoms with Crippen molar-refractivity contribution < 1.29 is 4.79 Å². The molecule has 6 heteroatoms. The third-order valence-electron chi connectivity index (χ3n) is 4.07. The smallest absolute Gasteiger partial charge is 0.224 e. The van der Waals surface area contributed by atoms with Gasteiger partial charge in [-0.25, -0.2) is 4.99 Å². The highest BCUT2D eigenvalue weighted by Gasteiger charge is 2.07. The minimum absolute atomic E-state index is 0.0554. The van der Waals surface area contributed by atoms with Crippen LogP contribution >= 0.6 is 11.3 Å². The van der Waals surface area contributed by atoms with Gasteiger partial charge in [0.25, 0.3) is 0 Å². The fourth-order valence-electron chi connectivity index (χ4n) is 2.67. The number of aliphatic imine (C=N–C) groups is 1. The topological polar surface area (TPSA) is 56.7 Å². The number of benzene rings is 1. The van der Waals surface area contributed by atoms with Gasteiger partial charge in [-0.1, -0.05) is 25.1 Å². The number of hydrogen-bond acceptors (Lipinski definition) is 3. The molecule has 1 amide bonds. The van der Waals surface area contributed by atoms with E-state index in [0.29, 0.717) is 13.0 Å². The summed E-state index contributed by atoms with van der Waals surface area (Å²) in [6.45, 7) is 6.40. The molecule has 1 aromatic heterocycles. The minimum atomic E-state index is 0.0554. The molecule has 0 saturated carbocycles. The highest BCUT2D eigenvalue weighted by molar-refractivity contribution is 7.09. The number of rotatable bonds is 9. The fourth-order valence-corrected chi connectivity index (χ4v) is 3.37. The number of carbonyl (C=O) groups excluding carboxylic acids is 1. The molecule has 0 atom stereocenters. The lowest BCUT2D eigenvalue weighted by Gasteiger charge is -2.21. The van der Waals surface area contributed by atoms with Gasteiger partial charge in [0.2, 0.25) is 5.91 Å². The number of hydrogen-bond donors (Lipinski definition) is 2. The van der Waals surface area contributed by atoms with Crippen molar-refractivity contribution in [1.82, 2.24) is 10.2 Å². The van der Waals surface area contributed by atoms with Crippen LogP contribution in [0.15, 0.2) is 46.8 Å². The Balaban J connectivity index is 1.97. The van der Waals surface area contributed by atoms with Crippen LogP contribution in [0.2, 0.25) is 0 Å². The number of guanidine groups is 1. The standard InChI is InChI=1S/C21H30N4OS/c1-4-8-20(26)24-18-10-6-9-17(15-18)16-23-21(22-5-2)25(3)13-12-19-11-7-14-27-19/h6-7,9-11,14-15H,4-5,8,12-13,16H2,1-3H3,(H,22,23)(H,24,26). The van der Waals surface area contributed by atoms with Crippen LogP contribution in [0, 0.1) is 0 Å². The van der Waals surface area contributed by atoms with Crippen LogP contribution in [0.1, 0.15) is 37.1 Å². The lowest BCUT2D eigenvalue weighted by molar-refractivity contribution is -0.116. The zero-order valence-electron chi connectivity index (χ0n) is 16.5. The molecular weight excluding hydrogens is 356 g/mol. The van der Waals surface area contributed by atoms with Gasteiger partial charge in [-0.15, -0.1) is 11.3 Å². The highest BCUT2D eigenvalue weighted by atomic mass is 32.1. The monoisotopic (exact) mass is 386 g/mol. The number of likely N-dealkylation sites (N-methyl/N-ethyl adjacent to an activating group) is 1. The van der Waals surface area contributed by atoms with Crippen molar-refractivity contribution >= 4 is 28.9 Å². The quantitative estimate of drug-likeness (QED) is 0.503. The average Bonchev–Trinajstić information content (AvgIpc) is 3.17. The van der Waals surface area contributed by atoms with Crippen molar-refractivity contribution in [3.8, 4) is 0 Å². The molecule has 2 rings (SSSR count). The number of nitrogens with zero attached hydrogens (tertiary/aromatic N) is 2. The zero-order chi connectivity index (χ0) is 19.5. The fraction of sp³-hybridized carbons (Fsp3) is 0.429. The molecule has 27 heavy (non-hydrogen) atoms. The minimum Gasteiger partial charge on any atom is -0.357 e. The van der Waals surface area contributed by atoms with Gasteiger partial charge in [0.1, 0.15) is 0 Å². The molecule has 1 heterocycles. The first-order chi connectivity index (χ1) is 13.1. The van der Waals surface area contributed by atoms with Crippen LogP contribution in [-0.2, 0) is 17.8 Å². The SMILES string of the molecule is CCCC(=O)Nc1cccc(CN=C(NCC)N(C)CCc2cccs2)c1. The maximum Gasteiger partial charge on any atom is 0.224 e. The molecular formula is C21H30N4OS. The maximum atomic E-state index is 11.8. The first kappa shape index (κ1) is 21.0. The Hall–Kier alpha value is -2.34. The van der Waals surface area contributed by atoms with Gasteiger partial charge in [-0.3, -0.25) is 4.79 Å². The molecule has 0 spiro atoms. The van der Waals surface area contributed by atoms with Gasteiger partial charge < -0.3 is 15.5 Å². The molecule has 0 bridgehead atoms. The number of thiophene rings is 1. The largest absolute Gasteiger partial charge is 0.357 e. The third kappa shape index (κ3) is 7.43. The van der Waals surface area contributed by atoms with Crippen LogP contribution in [0.3, 0.4) is 0 Å². The summed E-state index contributed by atoms with van der Waals surface area (Å²) in [4.78, 5) is 20.1. The summed E-state index contributed by atoms with van der Waals surface area (Å²) in [6, 6.07) is 12.2. The van der Waals surface area contributed by atoms with Gasteiger partial charge in [0.15, 0.2) is 5.96 Å². The third-order valence-corrected chi connectivity index (χ3v) is 5.01. The van der Waals surface area contributed by atoms with E-state index in [1.54, 1.807) is 11.3 Å². The van der Waals surface area contributed by atoms with Crippen LogP contribution < -0.4 is 10.6 Å². The van der Waals surface area contributed by atoms with Gasteiger partial charge in [0.05, 0.1) is 6.54 Å². The van der Waals surface area contributed by atoms with E-state index in [0.717, 1.165) is 43.1 Å². The second-order valence-corrected chi connectivity index (χ2v) is 7.45. The van der Waals surface area contributed by atoms with E-state index in [-0.39, 0.29) is 5.91 Å². The molecule has 0 fully saturated rings. The second kappa shape index (κ2) is 11.4. The normalized spacial score (nSPS) is 11.3. The molecule has 146 valence electrons. The number of carbonyl (C=O) groups is 1. The van der Waals surface area contributed by atoms with Gasteiger partial charge in [-0.2, -0.15) is 0 Å². The summed E-state index contributed by atoms with van der Waals surface area (Å²) in [6.07, 6.45) is 2.40. The molecule has 2 N–H and O–H groups in total. The Morgan fingerprint density at radius 2 is 2.07 bits per heavy atom. The summed E-state index contributed by atoms with van der Waals surface area (Å²) in [5.74, 6) is 0.953. The van der Waals surface area contributed by atoms with Crippen LogP contribution in [0.5, 0.6) is 0 Å². The Morgan fingerprint density at radius 1 is 1.22 bits per heavy atom. The zero-order valence-corrected chi connectivity index (χ0v) is 17.3. The Kier molecular flexibility index (Phi) is 8.84. The molecule has 0 aliphatic rings. The Morgan fingerprint density at radius 3 is 2.78 bits per heavy atom. The molecule has 0 aliphatic heterocycles. The lowest BCUT2D eigenvalue weighted by atomic mass is 10.2. The van der Waals surface area contributed by atoms with Crippen molar-refractivity contribution in [2.24, 2.45) is 4.99 Å². The van der Waals surface area contributed by atoms with Crippen LogP contribution in [-0.4, -0.2) is 36.9 Å². The van der Waals surface area contributed by atoms with Crippen molar-refractivity contribution in [2.45, 2.75) is 39.7 Å². The van der Waals surface area contributed by atoms with Gasteiger partial charge in [0, 0.05) is 37.1 Å².